The molecule has 0 spiro atoms. The molecule has 2 saturated heterocycles. The number of nitrogens with zero attached hydrogens (tertiary/aromatic N) is 2. The summed E-state index contributed by atoms with van der Waals surface area (Å²) in [6, 6.07) is 12.1. The van der Waals surface area contributed by atoms with Gasteiger partial charge in [-0.3, -0.25) is 19.3 Å². The van der Waals surface area contributed by atoms with Crippen LogP contribution in [0.15, 0.2) is 42.5 Å². The number of hydrogen-bond donors (Lipinski definition) is 2. The van der Waals surface area contributed by atoms with E-state index in [1.54, 1.807) is 18.2 Å². The lowest BCUT2D eigenvalue weighted by Gasteiger charge is -2.28. The summed E-state index contributed by atoms with van der Waals surface area (Å²) in [6.07, 6.45) is 1.90. The quantitative estimate of drug-likeness (QED) is 0.557. The number of carbonyl (C=O) groups excluding carboxylic acids is 3. The van der Waals surface area contributed by atoms with E-state index < -0.39 is 0 Å². The van der Waals surface area contributed by atoms with Gasteiger partial charge in [-0.25, -0.2) is 0 Å². The molecule has 11 nitrogen and oxygen atoms in total. The Balaban J connectivity index is 1.23. The highest BCUT2D eigenvalue weighted by molar-refractivity contribution is 5.95. The van der Waals surface area contributed by atoms with Gasteiger partial charge in [-0.1, -0.05) is 12.1 Å². The number of rotatable bonds is 5. The summed E-state index contributed by atoms with van der Waals surface area (Å²) in [4.78, 5) is 42.8. The van der Waals surface area contributed by atoms with Crippen LogP contribution >= 0.6 is 0 Å². The standard InChI is InChI=1S/C30H36N4O7/c35-28-19-40-25-12-22(11-24(13-25)39-18-21-1-2-21)30(37)32-26-15-33(17-29(36)34-7-9-38-10-8-34)16-27(26)41-23-5-3-20(4-6-23)14-31-28/h3-6,11-13,21,26-27H,1-2,7-10,14-19H2,(H,31,35)(H,32,37)/t26-,27-/m0/s1. The van der Waals surface area contributed by atoms with E-state index in [9.17, 15) is 14.4 Å². The third kappa shape index (κ3) is 7.28. The van der Waals surface area contributed by atoms with Gasteiger partial charge < -0.3 is 34.5 Å². The minimum Gasteiger partial charge on any atom is -0.493 e. The van der Waals surface area contributed by atoms with E-state index in [4.69, 9.17) is 18.9 Å². The van der Waals surface area contributed by atoms with E-state index in [-0.39, 0.29) is 43.0 Å². The van der Waals surface area contributed by atoms with Gasteiger partial charge in [0.15, 0.2) is 6.61 Å². The normalized spacial score (nSPS) is 23.5. The van der Waals surface area contributed by atoms with Crippen molar-refractivity contribution in [2.24, 2.45) is 5.92 Å². The zero-order valence-electron chi connectivity index (χ0n) is 23.0. The first-order chi connectivity index (χ1) is 20.0. The lowest BCUT2D eigenvalue weighted by atomic mass is 10.1. The van der Waals surface area contributed by atoms with Gasteiger partial charge in [-0.15, -0.1) is 0 Å². The summed E-state index contributed by atoms with van der Waals surface area (Å²) in [6.45, 7) is 4.19. The minimum atomic E-state index is -0.373. The highest BCUT2D eigenvalue weighted by atomic mass is 16.5. The smallest absolute Gasteiger partial charge is 0.258 e. The van der Waals surface area contributed by atoms with Crippen LogP contribution in [0.25, 0.3) is 0 Å². The number of benzene rings is 2. The molecule has 7 rings (SSSR count). The lowest BCUT2D eigenvalue weighted by molar-refractivity contribution is -0.136. The molecule has 2 aromatic rings. The number of morpholine rings is 1. The number of hydrogen-bond acceptors (Lipinski definition) is 8. The van der Waals surface area contributed by atoms with E-state index in [0.29, 0.717) is 81.3 Å². The molecule has 3 amide bonds. The van der Waals surface area contributed by atoms with Gasteiger partial charge in [-0.05, 0) is 48.6 Å². The Labute approximate surface area is 239 Å². The summed E-state index contributed by atoms with van der Waals surface area (Å²) >= 11 is 0. The molecule has 4 heterocycles. The largest absolute Gasteiger partial charge is 0.493 e. The third-order valence-corrected chi connectivity index (χ3v) is 7.78. The SMILES string of the molecule is O=C1COc2cc(OCC3CC3)cc(c2)C(=O)N[C@H]2CN(CC(=O)N3CCOCC3)C[C@@H]2Oc2ccc(cc2)CN1. The molecule has 4 bridgehead atoms. The molecule has 2 atom stereocenters. The number of likely N-dealkylation sites (tertiary alicyclic amines) is 1. The summed E-state index contributed by atoms with van der Waals surface area (Å²) in [7, 11) is 0. The average Bonchev–Trinajstić information content (AvgIpc) is 3.75. The van der Waals surface area contributed by atoms with Crippen molar-refractivity contribution >= 4 is 17.7 Å². The zero-order valence-corrected chi connectivity index (χ0v) is 23.0. The van der Waals surface area contributed by atoms with Gasteiger partial charge in [-0.2, -0.15) is 0 Å². The summed E-state index contributed by atoms with van der Waals surface area (Å²) < 4.78 is 23.5. The van der Waals surface area contributed by atoms with Crippen molar-refractivity contribution in [1.29, 1.82) is 0 Å². The fraction of sp³-hybridized carbons (Fsp3) is 0.500. The Morgan fingerprint density at radius 3 is 2.59 bits per heavy atom. The molecule has 0 aromatic heterocycles. The fourth-order valence-electron chi connectivity index (χ4n) is 5.22. The molecule has 4 aliphatic heterocycles. The number of amides is 3. The van der Waals surface area contributed by atoms with Gasteiger partial charge in [0, 0.05) is 44.4 Å². The number of nitrogens with one attached hydrogen (secondary N) is 2. The first kappa shape index (κ1) is 27.3. The van der Waals surface area contributed by atoms with E-state index in [1.807, 2.05) is 34.1 Å². The molecule has 3 fully saturated rings. The van der Waals surface area contributed by atoms with Crippen LogP contribution in [-0.4, -0.2) is 98.8 Å². The third-order valence-electron chi connectivity index (χ3n) is 7.78. The monoisotopic (exact) mass is 564 g/mol. The van der Waals surface area contributed by atoms with Crippen molar-refractivity contribution in [3.05, 3.63) is 53.6 Å². The van der Waals surface area contributed by atoms with E-state index >= 15 is 0 Å². The van der Waals surface area contributed by atoms with E-state index in [2.05, 4.69) is 10.6 Å². The van der Waals surface area contributed by atoms with E-state index in [1.165, 1.54) is 0 Å². The molecular weight excluding hydrogens is 528 g/mol. The second kappa shape index (κ2) is 12.4. The first-order valence-corrected chi connectivity index (χ1v) is 14.3. The molecule has 2 aromatic carbocycles. The van der Waals surface area contributed by atoms with Gasteiger partial charge in [0.1, 0.15) is 23.4 Å². The maximum absolute atomic E-state index is 13.6. The van der Waals surface area contributed by atoms with Gasteiger partial charge in [0.25, 0.3) is 11.8 Å². The number of ether oxygens (including phenoxy) is 4. The maximum Gasteiger partial charge on any atom is 0.258 e. The van der Waals surface area contributed by atoms with Crippen LogP contribution in [0.1, 0.15) is 28.8 Å². The Morgan fingerprint density at radius 2 is 1.80 bits per heavy atom. The van der Waals surface area contributed by atoms with Crippen molar-refractivity contribution in [2.45, 2.75) is 31.5 Å². The van der Waals surface area contributed by atoms with Crippen LogP contribution in [0.5, 0.6) is 17.2 Å². The topological polar surface area (TPSA) is 119 Å². The Hall–Kier alpha value is -3.83. The fourth-order valence-corrected chi connectivity index (χ4v) is 5.22. The van der Waals surface area contributed by atoms with Crippen molar-refractivity contribution in [3.8, 4) is 17.2 Å². The molecule has 2 N–H and O–H groups in total. The highest BCUT2D eigenvalue weighted by Gasteiger charge is 2.37. The lowest BCUT2D eigenvalue weighted by Crippen LogP contribution is -2.46. The predicted molar refractivity (Wildman–Crippen MR) is 148 cm³/mol. The van der Waals surface area contributed by atoms with E-state index in [0.717, 1.165) is 18.4 Å². The van der Waals surface area contributed by atoms with Crippen LogP contribution in [0, 0.1) is 5.92 Å². The van der Waals surface area contributed by atoms with Crippen molar-refractivity contribution < 1.29 is 33.3 Å². The van der Waals surface area contributed by atoms with Crippen LogP contribution in [0.2, 0.25) is 0 Å². The molecule has 41 heavy (non-hydrogen) atoms. The number of carbonyl (C=O) groups is 3. The molecule has 11 heteroatoms. The van der Waals surface area contributed by atoms with Gasteiger partial charge >= 0.3 is 0 Å². The summed E-state index contributed by atoms with van der Waals surface area (Å²) in [5.41, 5.74) is 1.28. The molecule has 0 radical (unpaired) electrons. The Morgan fingerprint density at radius 1 is 1.00 bits per heavy atom. The molecule has 1 saturated carbocycles. The molecule has 0 unspecified atom stereocenters. The minimum absolute atomic E-state index is 0.0437. The summed E-state index contributed by atoms with van der Waals surface area (Å²) in [5.74, 6) is 1.55. The highest BCUT2D eigenvalue weighted by Crippen LogP contribution is 2.31. The van der Waals surface area contributed by atoms with Crippen LogP contribution in [0.4, 0.5) is 0 Å². The van der Waals surface area contributed by atoms with Crippen molar-refractivity contribution in [2.75, 3.05) is 59.2 Å². The van der Waals surface area contributed by atoms with Gasteiger partial charge in [0.05, 0.1) is 32.4 Å². The Kier molecular flexibility index (Phi) is 8.24. The molecule has 218 valence electrons. The maximum atomic E-state index is 13.6. The molecule has 5 aliphatic rings. The molecule has 1 aliphatic carbocycles. The van der Waals surface area contributed by atoms with Gasteiger partial charge in [0.2, 0.25) is 5.91 Å². The first-order valence-electron chi connectivity index (χ1n) is 14.3. The number of fused-ring (bicyclic) bond motifs is 7. The molecular formula is C30H36N4O7. The van der Waals surface area contributed by atoms with Crippen LogP contribution in [-0.2, 0) is 20.9 Å². The Bertz CT molecular complexity index is 1260. The van der Waals surface area contributed by atoms with Crippen molar-refractivity contribution in [1.82, 2.24) is 20.4 Å². The zero-order chi connectivity index (χ0) is 28.2. The second-order valence-electron chi connectivity index (χ2n) is 11.1. The average molecular weight is 565 g/mol. The van der Waals surface area contributed by atoms with Crippen LogP contribution in [0.3, 0.4) is 0 Å². The predicted octanol–water partition coefficient (Wildman–Crippen LogP) is 1.20. The van der Waals surface area contributed by atoms with Crippen molar-refractivity contribution in [3.63, 3.8) is 0 Å². The summed E-state index contributed by atoms with van der Waals surface area (Å²) in [5, 5.41) is 5.98. The second-order valence-corrected chi connectivity index (χ2v) is 11.1. The van der Waals surface area contributed by atoms with Crippen LogP contribution < -0.4 is 24.8 Å².